The summed E-state index contributed by atoms with van der Waals surface area (Å²) in [5.74, 6) is -0.954. The van der Waals surface area contributed by atoms with Crippen molar-refractivity contribution in [2.24, 2.45) is 0 Å². The fourth-order valence-electron chi connectivity index (χ4n) is 1.39. The fourth-order valence-corrected chi connectivity index (χ4v) is 1.39. The maximum absolute atomic E-state index is 11.8. The summed E-state index contributed by atoms with van der Waals surface area (Å²) in [6.45, 7) is 1.94. The summed E-state index contributed by atoms with van der Waals surface area (Å²) in [5.41, 5.74) is 0.489. The molecular formula is C13H12N2O4. The zero-order valence-corrected chi connectivity index (χ0v) is 10.3. The van der Waals surface area contributed by atoms with Gasteiger partial charge >= 0.3 is 12.0 Å². The SMILES string of the molecule is CCOC(=O)c1coc(NC(=O)c2ccccc2)n1. The van der Waals surface area contributed by atoms with Crippen LogP contribution in [0.15, 0.2) is 41.0 Å². The fraction of sp³-hybridized carbons (Fsp3) is 0.154. The van der Waals surface area contributed by atoms with Crippen LogP contribution >= 0.6 is 0 Å². The van der Waals surface area contributed by atoms with Crippen LogP contribution in [-0.2, 0) is 4.74 Å². The van der Waals surface area contributed by atoms with Gasteiger partial charge in [-0.25, -0.2) is 4.79 Å². The van der Waals surface area contributed by atoms with Crippen LogP contribution in [0.4, 0.5) is 6.01 Å². The first-order valence-corrected chi connectivity index (χ1v) is 5.69. The van der Waals surface area contributed by atoms with Crippen molar-refractivity contribution in [3.63, 3.8) is 0 Å². The van der Waals surface area contributed by atoms with Gasteiger partial charge in [0.25, 0.3) is 5.91 Å². The third-order valence-electron chi connectivity index (χ3n) is 2.25. The highest BCUT2D eigenvalue weighted by Crippen LogP contribution is 2.10. The Morgan fingerprint density at radius 1 is 1.32 bits per heavy atom. The number of nitrogens with one attached hydrogen (secondary N) is 1. The number of amides is 1. The van der Waals surface area contributed by atoms with E-state index < -0.39 is 5.97 Å². The van der Waals surface area contributed by atoms with Crippen molar-refractivity contribution in [3.05, 3.63) is 47.9 Å². The van der Waals surface area contributed by atoms with E-state index in [-0.39, 0.29) is 24.2 Å². The summed E-state index contributed by atoms with van der Waals surface area (Å²) in [7, 11) is 0. The van der Waals surface area contributed by atoms with Crippen LogP contribution in [0.5, 0.6) is 0 Å². The number of aromatic nitrogens is 1. The van der Waals surface area contributed by atoms with Crippen LogP contribution in [0.1, 0.15) is 27.8 Å². The Kier molecular flexibility index (Phi) is 3.92. The molecule has 2 aromatic rings. The molecule has 1 amide bonds. The molecule has 6 heteroatoms. The predicted octanol–water partition coefficient (Wildman–Crippen LogP) is 2.10. The zero-order valence-electron chi connectivity index (χ0n) is 10.3. The van der Waals surface area contributed by atoms with Crippen LogP contribution < -0.4 is 5.32 Å². The molecule has 2 rings (SSSR count). The maximum atomic E-state index is 11.8. The summed E-state index contributed by atoms with van der Waals surface area (Å²) in [4.78, 5) is 27.0. The number of hydrogen-bond donors (Lipinski definition) is 1. The van der Waals surface area contributed by atoms with Gasteiger partial charge in [0.05, 0.1) is 6.61 Å². The van der Waals surface area contributed by atoms with Crippen LogP contribution in [0, 0.1) is 0 Å². The number of nitrogens with zero attached hydrogens (tertiary/aromatic N) is 1. The molecule has 0 aliphatic carbocycles. The summed E-state index contributed by atoms with van der Waals surface area (Å²) in [5, 5.41) is 2.45. The molecule has 0 bridgehead atoms. The van der Waals surface area contributed by atoms with E-state index in [0.717, 1.165) is 6.26 Å². The van der Waals surface area contributed by atoms with Gasteiger partial charge in [0.1, 0.15) is 6.26 Å². The largest absolute Gasteiger partial charge is 0.461 e. The van der Waals surface area contributed by atoms with Crippen LogP contribution in [0.2, 0.25) is 0 Å². The van der Waals surface area contributed by atoms with Gasteiger partial charge in [-0.2, -0.15) is 4.98 Å². The molecule has 0 spiro atoms. The van der Waals surface area contributed by atoms with E-state index in [1.54, 1.807) is 37.3 Å². The first-order valence-electron chi connectivity index (χ1n) is 5.69. The van der Waals surface area contributed by atoms with Gasteiger partial charge in [0.2, 0.25) is 0 Å². The monoisotopic (exact) mass is 260 g/mol. The quantitative estimate of drug-likeness (QED) is 0.851. The molecule has 1 heterocycles. The molecule has 0 saturated heterocycles. The van der Waals surface area contributed by atoms with Crippen molar-refractivity contribution in [3.8, 4) is 0 Å². The number of oxazole rings is 1. The lowest BCUT2D eigenvalue weighted by Crippen LogP contribution is -2.12. The Hall–Kier alpha value is -2.63. The highest BCUT2D eigenvalue weighted by atomic mass is 16.5. The number of hydrogen-bond acceptors (Lipinski definition) is 5. The molecule has 1 N–H and O–H groups in total. The van der Waals surface area contributed by atoms with Gasteiger partial charge in [0, 0.05) is 5.56 Å². The normalized spacial score (nSPS) is 9.95. The minimum atomic E-state index is -0.591. The van der Waals surface area contributed by atoms with E-state index in [1.807, 2.05) is 0 Å². The molecule has 98 valence electrons. The second-order valence-electron chi connectivity index (χ2n) is 3.58. The summed E-state index contributed by atoms with van der Waals surface area (Å²) < 4.78 is 9.74. The van der Waals surface area contributed by atoms with Crippen molar-refractivity contribution in [1.29, 1.82) is 0 Å². The second kappa shape index (κ2) is 5.81. The number of esters is 1. The minimum Gasteiger partial charge on any atom is -0.461 e. The van der Waals surface area contributed by atoms with E-state index in [9.17, 15) is 9.59 Å². The molecule has 0 saturated carbocycles. The van der Waals surface area contributed by atoms with E-state index in [0.29, 0.717) is 5.56 Å². The van der Waals surface area contributed by atoms with Crippen LogP contribution in [0.3, 0.4) is 0 Å². The van der Waals surface area contributed by atoms with Gasteiger partial charge in [-0.05, 0) is 19.1 Å². The van der Waals surface area contributed by atoms with E-state index >= 15 is 0 Å². The van der Waals surface area contributed by atoms with Gasteiger partial charge in [-0.3, -0.25) is 10.1 Å². The van der Waals surface area contributed by atoms with Gasteiger partial charge in [0.15, 0.2) is 5.69 Å². The number of ether oxygens (including phenoxy) is 1. The number of rotatable bonds is 4. The van der Waals surface area contributed by atoms with Gasteiger partial charge in [-0.15, -0.1) is 0 Å². The van der Waals surface area contributed by atoms with Crippen molar-refractivity contribution in [1.82, 2.24) is 4.98 Å². The van der Waals surface area contributed by atoms with Crippen molar-refractivity contribution in [2.45, 2.75) is 6.92 Å². The smallest absolute Gasteiger partial charge is 0.360 e. The lowest BCUT2D eigenvalue weighted by molar-refractivity contribution is 0.0519. The summed E-state index contributed by atoms with van der Waals surface area (Å²) in [6.07, 6.45) is 1.14. The number of benzene rings is 1. The van der Waals surface area contributed by atoms with Crippen molar-refractivity contribution < 1.29 is 18.7 Å². The Balaban J connectivity index is 2.04. The van der Waals surface area contributed by atoms with Crippen LogP contribution in [0.25, 0.3) is 0 Å². The Morgan fingerprint density at radius 2 is 2.05 bits per heavy atom. The topological polar surface area (TPSA) is 81.4 Å². The highest BCUT2D eigenvalue weighted by molar-refractivity contribution is 6.03. The van der Waals surface area contributed by atoms with Gasteiger partial charge in [-0.1, -0.05) is 18.2 Å². The first-order chi connectivity index (χ1) is 9.20. The van der Waals surface area contributed by atoms with E-state index in [1.165, 1.54) is 0 Å². The van der Waals surface area contributed by atoms with Crippen LogP contribution in [-0.4, -0.2) is 23.5 Å². The molecule has 0 aliphatic rings. The van der Waals surface area contributed by atoms with E-state index in [4.69, 9.17) is 9.15 Å². The Bertz CT molecular complexity index is 577. The minimum absolute atomic E-state index is 0.0187. The third-order valence-corrected chi connectivity index (χ3v) is 2.25. The molecule has 0 unspecified atom stereocenters. The molecule has 1 aromatic heterocycles. The molecule has 0 aliphatic heterocycles. The Morgan fingerprint density at radius 3 is 2.74 bits per heavy atom. The summed E-state index contributed by atoms with van der Waals surface area (Å²) in [6, 6.07) is 8.57. The molecule has 0 atom stereocenters. The zero-order chi connectivity index (χ0) is 13.7. The second-order valence-corrected chi connectivity index (χ2v) is 3.58. The molecule has 0 fully saturated rings. The predicted molar refractivity (Wildman–Crippen MR) is 66.9 cm³/mol. The number of carbonyl (C=O) groups excluding carboxylic acids is 2. The molecular weight excluding hydrogens is 248 g/mol. The average molecular weight is 260 g/mol. The van der Waals surface area contributed by atoms with Gasteiger partial charge < -0.3 is 9.15 Å². The third kappa shape index (κ3) is 3.19. The Labute approximate surface area is 109 Å². The molecule has 1 aromatic carbocycles. The lowest BCUT2D eigenvalue weighted by atomic mass is 10.2. The summed E-state index contributed by atoms with van der Waals surface area (Å²) >= 11 is 0. The first kappa shape index (κ1) is 12.8. The highest BCUT2D eigenvalue weighted by Gasteiger charge is 2.15. The standard InChI is InChI=1S/C13H12N2O4/c1-2-18-12(17)10-8-19-13(14-10)15-11(16)9-6-4-3-5-7-9/h3-8H,2H2,1H3,(H,14,15,16). The lowest BCUT2D eigenvalue weighted by Gasteiger charge is -1.99. The maximum Gasteiger partial charge on any atom is 0.360 e. The average Bonchev–Trinajstić information content (AvgIpc) is 2.88. The molecule has 0 radical (unpaired) electrons. The molecule has 6 nitrogen and oxygen atoms in total. The number of anilines is 1. The van der Waals surface area contributed by atoms with Crippen molar-refractivity contribution >= 4 is 17.9 Å². The molecule has 19 heavy (non-hydrogen) atoms. The number of carbonyl (C=O) groups is 2. The van der Waals surface area contributed by atoms with E-state index in [2.05, 4.69) is 10.3 Å². The van der Waals surface area contributed by atoms with Crippen molar-refractivity contribution in [2.75, 3.05) is 11.9 Å².